The van der Waals surface area contributed by atoms with Crippen LogP contribution in [0.15, 0.2) is 40.6 Å². The number of thiophene rings is 1. The minimum atomic E-state index is -3.78. The minimum absolute atomic E-state index is 0.00206. The van der Waals surface area contributed by atoms with Crippen LogP contribution < -0.4 is 4.72 Å². The second-order valence-electron chi connectivity index (χ2n) is 6.41. The van der Waals surface area contributed by atoms with Crippen LogP contribution in [-0.2, 0) is 10.0 Å². The van der Waals surface area contributed by atoms with Crippen molar-refractivity contribution in [1.29, 1.82) is 0 Å². The Kier molecular flexibility index (Phi) is 5.76. The van der Waals surface area contributed by atoms with Crippen molar-refractivity contribution in [3.05, 3.63) is 51.7 Å². The summed E-state index contributed by atoms with van der Waals surface area (Å²) in [6, 6.07) is 8.18. The molecule has 0 radical (unpaired) electrons. The zero-order chi connectivity index (χ0) is 18.7. The van der Waals surface area contributed by atoms with Crippen LogP contribution in [0.25, 0.3) is 0 Å². The Bertz CT molecular complexity index is 873. The second-order valence-corrected chi connectivity index (χ2v) is 9.15. The average molecular weight is 395 g/mol. The van der Waals surface area contributed by atoms with Crippen LogP contribution >= 0.6 is 11.3 Å². The van der Waals surface area contributed by atoms with Gasteiger partial charge in [0.1, 0.15) is 0 Å². The van der Waals surface area contributed by atoms with E-state index in [0.717, 1.165) is 30.8 Å². The van der Waals surface area contributed by atoms with Gasteiger partial charge in [0.2, 0.25) is 10.0 Å². The Morgan fingerprint density at radius 3 is 2.65 bits per heavy atom. The Morgan fingerprint density at radius 2 is 2.04 bits per heavy atom. The summed E-state index contributed by atoms with van der Waals surface area (Å²) in [4.78, 5) is 14.7. The van der Waals surface area contributed by atoms with Gasteiger partial charge in [0, 0.05) is 11.4 Å². The Balaban J connectivity index is 1.80. The molecular weight excluding hydrogens is 372 g/mol. The van der Waals surface area contributed by atoms with Gasteiger partial charge in [-0.15, -0.1) is 11.3 Å². The third-order valence-corrected chi connectivity index (χ3v) is 7.06. The smallest absolute Gasteiger partial charge is 0.335 e. The molecule has 1 atom stereocenters. The Labute approximate surface area is 157 Å². The van der Waals surface area contributed by atoms with Gasteiger partial charge in [0.25, 0.3) is 0 Å². The van der Waals surface area contributed by atoms with Crippen LogP contribution in [0, 0.1) is 6.92 Å². The molecule has 1 aliphatic rings. The normalized spacial score (nSPS) is 16.7. The van der Waals surface area contributed by atoms with E-state index in [1.807, 2.05) is 17.5 Å². The summed E-state index contributed by atoms with van der Waals surface area (Å²) in [6.07, 6.45) is 2.24. The minimum Gasteiger partial charge on any atom is -0.478 e. The van der Waals surface area contributed by atoms with E-state index in [2.05, 4.69) is 9.62 Å². The molecule has 0 aliphatic carbocycles. The Morgan fingerprint density at radius 1 is 1.31 bits per heavy atom. The lowest BCUT2D eigenvalue weighted by atomic mass is 10.1. The van der Waals surface area contributed by atoms with Gasteiger partial charge in [-0.25, -0.2) is 17.9 Å². The van der Waals surface area contributed by atoms with Crippen molar-refractivity contribution < 1.29 is 18.3 Å². The summed E-state index contributed by atoms with van der Waals surface area (Å²) in [5.74, 6) is -1.13. The van der Waals surface area contributed by atoms with Crippen LogP contribution in [-0.4, -0.2) is 44.0 Å². The molecule has 0 saturated carbocycles. The zero-order valence-corrected chi connectivity index (χ0v) is 16.1. The lowest BCUT2D eigenvalue weighted by Gasteiger charge is -2.26. The molecule has 1 fully saturated rings. The standard InChI is InChI=1S/C18H22N2O4S2/c1-13-6-7-14(11-15(13)18(21)22)26(23,24)19-12-16(17-5-4-10-25-17)20-8-2-3-9-20/h4-7,10-11,16,19H,2-3,8-9,12H2,1H3,(H,21,22). The van der Waals surface area contributed by atoms with E-state index < -0.39 is 16.0 Å². The molecule has 2 N–H and O–H groups in total. The molecule has 6 nitrogen and oxygen atoms in total. The lowest BCUT2D eigenvalue weighted by Crippen LogP contribution is -2.36. The fourth-order valence-electron chi connectivity index (χ4n) is 3.21. The third-order valence-electron chi connectivity index (χ3n) is 4.67. The number of aryl methyl sites for hydroxylation is 1. The first kappa shape index (κ1) is 19.0. The van der Waals surface area contributed by atoms with Gasteiger partial charge < -0.3 is 5.11 Å². The van der Waals surface area contributed by atoms with Crippen molar-refractivity contribution in [3.63, 3.8) is 0 Å². The molecule has 0 spiro atoms. The van der Waals surface area contributed by atoms with Gasteiger partial charge in [0.05, 0.1) is 16.5 Å². The predicted octanol–water partition coefficient (Wildman–Crippen LogP) is 2.87. The number of carboxylic acids is 1. The lowest BCUT2D eigenvalue weighted by molar-refractivity contribution is 0.0696. The number of aromatic carboxylic acids is 1. The topological polar surface area (TPSA) is 86.7 Å². The molecule has 0 amide bonds. The van der Waals surface area contributed by atoms with Crippen LogP contribution in [0.1, 0.15) is 39.7 Å². The molecule has 2 aromatic rings. The van der Waals surface area contributed by atoms with Crippen molar-refractivity contribution in [2.45, 2.75) is 30.7 Å². The summed E-state index contributed by atoms with van der Waals surface area (Å²) in [5.41, 5.74) is 0.534. The molecule has 1 saturated heterocycles. The molecule has 0 bridgehead atoms. The molecule has 26 heavy (non-hydrogen) atoms. The van der Waals surface area contributed by atoms with E-state index in [1.165, 1.54) is 18.2 Å². The maximum absolute atomic E-state index is 12.7. The molecule has 1 aromatic carbocycles. The molecule has 2 heterocycles. The highest BCUT2D eigenvalue weighted by atomic mass is 32.2. The van der Waals surface area contributed by atoms with Crippen LogP contribution in [0.5, 0.6) is 0 Å². The second kappa shape index (κ2) is 7.87. The highest BCUT2D eigenvalue weighted by molar-refractivity contribution is 7.89. The van der Waals surface area contributed by atoms with Gasteiger partial charge in [-0.3, -0.25) is 4.90 Å². The summed E-state index contributed by atoms with van der Waals surface area (Å²) >= 11 is 1.62. The number of nitrogens with zero attached hydrogens (tertiary/aromatic N) is 1. The van der Waals surface area contributed by atoms with Crippen molar-refractivity contribution in [1.82, 2.24) is 9.62 Å². The number of rotatable bonds is 7. The molecule has 1 aliphatic heterocycles. The number of sulfonamides is 1. The van der Waals surface area contributed by atoms with Gasteiger partial charge >= 0.3 is 5.97 Å². The number of nitrogens with one attached hydrogen (secondary N) is 1. The predicted molar refractivity (Wildman–Crippen MR) is 101 cm³/mol. The molecular formula is C18H22N2O4S2. The van der Waals surface area contributed by atoms with Crippen molar-refractivity contribution in [3.8, 4) is 0 Å². The third kappa shape index (κ3) is 4.15. The van der Waals surface area contributed by atoms with Crippen molar-refractivity contribution in [2.24, 2.45) is 0 Å². The van der Waals surface area contributed by atoms with E-state index >= 15 is 0 Å². The molecule has 8 heteroatoms. The van der Waals surface area contributed by atoms with E-state index in [-0.39, 0.29) is 23.0 Å². The molecule has 1 aromatic heterocycles. The first-order chi connectivity index (χ1) is 12.4. The van der Waals surface area contributed by atoms with Crippen LogP contribution in [0.3, 0.4) is 0 Å². The maximum Gasteiger partial charge on any atom is 0.335 e. The molecule has 3 rings (SSSR count). The van der Waals surface area contributed by atoms with Crippen molar-refractivity contribution in [2.75, 3.05) is 19.6 Å². The Hall–Kier alpha value is -1.74. The SMILES string of the molecule is Cc1ccc(S(=O)(=O)NCC(c2cccs2)N2CCCC2)cc1C(=O)O. The first-order valence-corrected chi connectivity index (χ1v) is 10.9. The number of benzene rings is 1. The van der Waals surface area contributed by atoms with E-state index in [9.17, 15) is 18.3 Å². The number of hydrogen-bond acceptors (Lipinski definition) is 5. The fourth-order valence-corrected chi connectivity index (χ4v) is 5.14. The summed E-state index contributed by atoms with van der Waals surface area (Å²) in [6.45, 7) is 3.82. The monoisotopic (exact) mass is 394 g/mol. The number of carbonyl (C=O) groups is 1. The summed E-state index contributed by atoms with van der Waals surface area (Å²) in [7, 11) is -3.78. The van der Waals surface area contributed by atoms with E-state index in [1.54, 1.807) is 18.3 Å². The zero-order valence-electron chi connectivity index (χ0n) is 14.5. The first-order valence-electron chi connectivity index (χ1n) is 8.49. The van der Waals surface area contributed by atoms with E-state index in [4.69, 9.17) is 0 Å². The van der Waals surface area contributed by atoms with Gasteiger partial charge in [-0.1, -0.05) is 12.1 Å². The highest BCUT2D eigenvalue weighted by Gasteiger charge is 2.26. The largest absolute Gasteiger partial charge is 0.478 e. The fraction of sp³-hybridized carbons (Fsp3) is 0.389. The van der Waals surface area contributed by atoms with Gasteiger partial charge in [-0.2, -0.15) is 0 Å². The van der Waals surface area contributed by atoms with E-state index in [0.29, 0.717) is 5.56 Å². The molecule has 140 valence electrons. The number of hydrogen-bond donors (Lipinski definition) is 2. The molecule has 1 unspecified atom stereocenters. The average Bonchev–Trinajstić information content (AvgIpc) is 3.29. The quantitative estimate of drug-likeness (QED) is 0.754. The van der Waals surface area contributed by atoms with Gasteiger partial charge in [0.15, 0.2) is 0 Å². The van der Waals surface area contributed by atoms with Crippen LogP contribution in [0.4, 0.5) is 0 Å². The summed E-state index contributed by atoms with van der Waals surface area (Å²) < 4.78 is 28.0. The number of likely N-dealkylation sites (tertiary alicyclic amines) is 1. The van der Waals surface area contributed by atoms with Crippen molar-refractivity contribution >= 4 is 27.3 Å². The summed E-state index contributed by atoms with van der Waals surface area (Å²) in [5, 5.41) is 11.2. The maximum atomic E-state index is 12.7. The van der Waals surface area contributed by atoms with Gasteiger partial charge in [-0.05, 0) is 62.0 Å². The number of carboxylic acid groups (broad SMARTS) is 1. The van der Waals surface area contributed by atoms with Crippen LogP contribution in [0.2, 0.25) is 0 Å². The highest BCUT2D eigenvalue weighted by Crippen LogP contribution is 2.28.